The molecule has 4 rings (SSSR count). The number of ether oxygens (including phenoxy) is 1. The topological polar surface area (TPSA) is 84.8 Å². The van der Waals surface area contributed by atoms with Gasteiger partial charge in [0.1, 0.15) is 11.5 Å². The maximum absolute atomic E-state index is 13.5. The Hall–Kier alpha value is -2.74. The molecule has 0 unspecified atom stereocenters. The monoisotopic (exact) mass is 343 g/mol. The summed E-state index contributed by atoms with van der Waals surface area (Å²) in [6.45, 7) is 1.29. The van der Waals surface area contributed by atoms with Crippen LogP contribution in [0.4, 0.5) is 10.2 Å². The van der Waals surface area contributed by atoms with Crippen LogP contribution in [0, 0.1) is 5.82 Å². The summed E-state index contributed by atoms with van der Waals surface area (Å²) in [5, 5.41) is 3.71. The van der Waals surface area contributed by atoms with Gasteiger partial charge in [0.15, 0.2) is 5.82 Å². The van der Waals surface area contributed by atoms with E-state index < -0.39 is 5.82 Å². The van der Waals surface area contributed by atoms with Gasteiger partial charge < -0.3 is 19.6 Å². The molecule has 0 saturated carbocycles. The summed E-state index contributed by atoms with van der Waals surface area (Å²) in [6.07, 6.45) is 6.61. The van der Waals surface area contributed by atoms with Crippen LogP contribution in [0.5, 0.6) is 0 Å². The van der Waals surface area contributed by atoms with Gasteiger partial charge in [-0.1, -0.05) is 0 Å². The zero-order valence-corrected chi connectivity index (χ0v) is 13.8. The third-order valence-electron chi connectivity index (χ3n) is 4.37. The second-order valence-corrected chi connectivity index (χ2v) is 6.16. The molecule has 3 aromatic rings. The number of fused-ring (bicyclic) bond motifs is 1. The van der Waals surface area contributed by atoms with Crippen LogP contribution in [-0.2, 0) is 11.8 Å². The van der Waals surface area contributed by atoms with Crippen LogP contribution < -0.4 is 10.9 Å². The Labute approximate surface area is 142 Å². The van der Waals surface area contributed by atoms with Gasteiger partial charge in [0.2, 0.25) is 0 Å². The Balaban J connectivity index is 1.71. The van der Waals surface area contributed by atoms with Gasteiger partial charge in [-0.15, -0.1) is 0 Å². The van der Waals surface area contributed by atoms with Gasteiger partial charge in [-0.2, -0.15) is 0 Å². The molecule has 1 aliphatic heterocycles. The highest BCUT2D eigenvalue weighted by atomic mass is 19.1. The first kappa shape index (κ1) is 15.8. The van der Waals surface area contributed by atoms with Gasteiger partial charge in [0, 0.05) is 43.5 Å². The van der Waals surface area contributed by atoms with Gasteiger partial charge in [0.25, 0.3) is 5.56 Å². The lowest BCUT2D eigenvalue weighted by Gasteiger charge is -2.12. The van der Waals surface area contributed by atoms with E-state index in [1.165, 1.54) is 10.6 Å². The van der Waals surface area contributed by atoms with Crippen molar-refractivity contribution in [2.45, 2.75) is 18.9 Å². The first-order valence-electron chi connectivity index (χ1n) is 8.18. The second-order valence-electron chi connectivity index (χ2n) is 6.16. The largest absolute Gasteiger partial charge is 0.376 e. The van der Waals surface area contributed by atoms with E-state index in [0.717, 1.165) is 25.6 Å². The van der Waals surface area contributed by atoms with E-state index in [-0.39, 0.29) is 17.5 Å². The lowest BCUT2D eigenvalue weighted by molar-refractivity contribution is 0.120. The summed E-state index contributed by atoms with van der Waals surface area (Å²) in [5.41, 5.74) is 1.61. The summed E-state index contributed by atoms with van der Waals surface area (Å²) in [7, 11) is 1.67. The lowest BCUT2D eigenvalue weighted by Crippen LogP contribution is -2.27. The van der Waals surface area contributed by atoms with E-state index in [4.69, 9.17) is 4.74 Å². The molecule has 1 fully saturated rings. The van der Waals surface area contributed by atoms with Gasteiger partial charge >= 0.3 is 0 Å². The zero-order chi connectivity index (χ0) is 17.4. The van der Waals surface area contributed by atoms with Crippen molar-refractivity contribution in [1.82, 2.24) is 19.5 Å². The Kier molecular flexibility index (Phi) is 3.96. The Morgan fingerprint density at radius 2 is 2.40 bits per heavy atom. The molecule has 1 aliphatic rings. The van der Waals surface area contributed by atoms with Crippen LogP contribution >= 0.6 is 0 Å². The number of hydrogen-bond donors (Lipinski definition) is 2. The summed E-state index contributed by atoms with van der Waals surface area (Å²) in [5.74, 6) is -0.163. The van der Waals surface area contributed by atoms with Crippen molar-refractivity contribution in [3.63, 3.8) is 0 Å². The first-order chi connectivity index (χ1) is 12.1. The molecule has 2 N–H and O–H groups in total. The SMILES string of the molecule is Cn1cc(-c2c[nH]c3ncc(F)cc23)nc(NC[C@@H]2CCCO2)c1=O. The summed E-state index contributed by atoms with van der Waals surface area (Å²) < 4.78 is 20.6. The third kappa shape index (κ3) is 3.00. The molecule has 25 heavy (non-hydrogen) atoms. The van der Waals surface area contributed by atoms with Crippen molar-refractivity contribution in [2.75, 3.05) is 18.5 Å². The highest BCUT2D eigenvalue weighted by Gasteiger charge is 2.17. The van der Waals surface area contributed by atoms with Crippen LogP contribution in [0.15, 0.2) is 29.5 Å². The molecule has 3 aromatic heterocycles. The standard InChI is InChI=1S/C17H18FN5O2/c1-23-9-14(13-8-21-15-12(13)5-10(18)6-19-15)22-16(17(23)24)20-7-11-3-2-4-25-11/h5-6,8-9,11H,2-4,7H2,1H3,(H,19,21)(H,20,22)/t11-/m0/s1. The minimum atomic E-state index is -0.421. The Bertz CT molecular complexity index is 975. The molecule has 8 heteroatoms. The van der Waals surface area contributed by atoms with Crippen LogP contribution in [0.1, 0.15) is 12.8 Å². The van der Waals surface area contributed by atoms with Crippen molar-refractivity contribution in [3.05, 3.63) is 40.8 Å². The molecule has 0 aliphatic carbocycles. The number of hydrogen-bond acceptors (Lipinski definition) is 5. The van der Waals surface area contributed by atoms with Crippen molar-refractivity contribution >= 4 is 16.9 Å². The molecule has 1 atom stereocenters. The second kappa shape index (κ2) is 6.29. The molecular formula is C17H18FN5O2. The number of aryl methyl sites for hydroxylation is 1. The fraction of sp³-hybridized carbons (Fsp3) is 0.353. The number of rotatable bonds is 4. The molecule has 0 spiro atoms. The molecule has 0 bridgehead atoms. The third-order valence-corrected chi connectivity index (χ3v) is 4.37. The molecular weight excluding hydrogens is 325 g/mol. The number of aromatic amines is 1. The average Bonchev–Trinajstić information content (AvgIpc) is 3.25. The van der Waals surface area contributed by atoms with Gasteiger partial charge in [-0.05, 0) is 18.9 Å². The predicted octanol–water partition coefficient (Wildman–Crippen LogP) is 2.05. The number of nitrogens with zero attached hydrogens (tertiary/aromatic N) is 3. The normalized spacial score (nSPS) is 17.3. The number of halogens is 1. The van der Waals surface area contributed by atoms with Crippen LogP contribution in [0.3, 0.4) is 0 Å². The van der Waals surface area contributed by atoms with E-state index >= 15 is 0 Å². The fourth-order valence-corrected chi connectivity index (χ4v) is 3.06. The Morgan fingerprint density at radius 1 is 1.52 bits per heavy atom. The minimum Gasteiger partial charge on any atom is -0.376 e. The summed E-state index contributed by atoms with van der Waals surface area (Å²) >= 11 is 0. The number of H-pyrrole nitrogens is 1. The van der Waals surface area contributed by atoms with Gasteiger partial charge in [-0.3, -0.25) is 4.79 Å². The molecule has 0 aromatic carbocycles. The van der Waals surface area contributed by atoms with Gasteiger partial charge in [-0.25, -0.2) is 14.4 Å². The number of aromatic nitrogens is 4. The molecule has 0 amide bonds. The van der Waals surface area contributed by atoms with Crippen molar-refractivity contribution in [3.8, 4) is 11.3 Å². The summed E-state index contributed by atoms with van der Waals surface area (Å²) in [4.78, 5) is 23.8. The van der Waals surface area contributed by atoms with Gasteiger partial charge in [0.05, 0.1) is 18.0 Å². The van der Waals surface area contributed by atoms with E-state index in [0.29, 0.717) is 28.8 Å². The molecule has 130 valence electrons. The highest BCUT2D eigenvalue weighted by molar-refractivity contribution is 5.92. The van der Waals surface area contributed by atoms with E-state index in [2.05, 4.69) is 20.3 Å². The average molecular weight is 343 g/mol. The number of anilines is 1. The van der Waals surface area contributed by atoms with Crippen molar-refractivity contribution < 1.29 is 9.13 Å². The van der Waals surface area contributed by atoms with Crippen LogP contribution in [0.2, 0.25) is 0 Å². The number of pyridine rings is 1. The maximum Gasteiger partial charge on any atom is 0.293 e. The molecule has 0 radical (unpaired) electrons. The van der Waals surface area contributed by atoms with E-state index in [1.807, 2.05) is 0 Å². The van der Waals surface area contributed by atoms with Crippen molar-refractivity contribution in [2.24, 2.45) is 7.05 Å². The van der Waals surface area contributed by atoms with E-state index in [1.54, 1.807) is 19.4 Å². The lowest BCUT2D eigenvalue weighted by atomic mass is 10.1. The van der Waals surface area contributed by atoms with Crippen LogP contribution in [-0.4, -0.2) is 38.8 Å². The van der Waals surface area contributed by atoms with Crippen molar-refractivity contribution in [1.29, 1.82) is 0 Å². The number of nitrogens with one attached hydrogen (secondary N) is 2. The fourth-order valence-electron chi connectivity index (χ4n) is 3.06. The smallest absolute Gasteiger partial charge is 0.293 e. The quantitative estimate of drug-likeness (QED) is 0.757. The molecule has 1 saturated heterocycles. The Morgan fingerprint density at radius 3 is 3.20 bits per heavy atom. The maximum atomic E-state index is 13.5. The zero-order valence-electron chi connectivity index (χ0n) is 13.8. The predicted molar refractivity (Wildman–Crippen MR) is 92.0 cm³/mol. The molecule has 7 nitrogen and oxygen atoms in total. The molecule has 4 heterocycles. The highest BCUT2D eigenvalue weighted by Crippen LogP contribution is 2.26. The first-order valence-corrected chi connectivity index (χ1v) is 8.18. The minimum absolute atomic E-state index is 0.0987. The van der Waals surface area contributed by atoms with Crippen LogP contribution in [0.25, 0.3) is 22.3 Å². The summed E-state index contributed by atoms with van der Waals surface area (Å²) in [6, 6.07) is 1.40. The van der Waals surface area contributed by atoms with E-state index in [9.17, 15) is 9.18 Å².